The minimum atomic E-state index is -0.0513. The number of piperidine rings is 6. The molecule has 0 spiro atoms. The number of likely N-dealkylation sites (tertiary alicyclic amines) is 6. The molecule has 0 radical (unpaired) electrons. The van der Waals surface area contributed by atoms with Crippen molar-refractivity contribution >= 4 is 53.5 Å². The largest absolute Gasteiger partial charge is 0.354 e. The highest BCUT2D eigenvalue weighted by atomic mass is 15.6. The molecular weight excluding hydrogens is 1650 g/mol. The summed E-state index contributed by atoms with van der Waals surface area (Å²) in [6.07, 6.45) is 25.3. The van der Waals surface area contributed by atoms with Crippen molar-refractivity contribution in [2.24, 2.45) is 0 Å². The zero-order valence-electron chi connectivity index (χ0n) is 91.2. The quantitative estimate of drug-likeness (QED) is 0.0188. The van der Waals surface area contributed by atoms with Crippen LogP contribution in [0.15, 0.2) is 0 Å². The van der Waals surface area contributed by atoms with E-state index in [9.17, 15) is 0 Å². The Bertz CT molecular complexity index is 3660. The van der Waals surface area contributed by atoms with Gasteiger partial charge >= 0.3 is 0 Å². The van der Waals surface area contributed by atoms with E-state index in [4.69, 9.17) is 44.9 Å². The van der Waals surface area contributed by atoms with Crippen LogP contribution in [-0.4, -0.2) is 298 Å². The van der Waals surface area contributed by atoms with E-state index in [2.05, 4.69) is 363 Å². The average molecular weight is 1850 g/mol. The van der Waals surface area contributed by atoms with Crippen LogP contribution < -0.4 is 83.5 Å². The molecule has 0 unspecified atom stereocenters. The Morgan fingerprint density at radius 2 is 0.402 bits per heavy atom. The van der Waals surface area contributed by atoms with Crippen LogP contribution in [0.4, 0.5) is 53.5 Å². The van der Waals surface area contributed by atoms with Gasteiger partial charge < -0.3 is 20.9 Å². The second kappa shape index (κ2) is 45.8. The van der Waals surface area contributed by atoms with Gasteiger partial charge in [-0.2, -0.15) is 44.9 Å². The van der Waals surface area contributed by atoms with Crippen LogP contribution in [0.3, 0.4) is 0 Å². The topological polar surface area (TPSA) is 266 Å². The van der Waals surface area contributed by atoms with Gasteiger partial charge in [0, 0.05) is 175 Å². The molecule has 6 aliphatic heterocycles. The van der Waals surface area contributed by atoms with E-state index in [1.807, 2.05) is 0 Å². The second-order valence-corrected chi connectivity index (χ2v) is 48.6. The summed E-state index contributed by atoms with van der Waals surface area (Å²) in [5, 5.41) is 25.3. The number of aromatic nitrogens is 9. The fourth-order valence-corrected chi connectivity index (χ4v) is 22.9. The maximum atomic E-state index is 5.76. The molecule has 0 saturated carbocycles. The highest BCUT2D eigenvalue weighted by molar-refractivity contribution is 5.49. The SMILES string of the molecule is CCCCN(NC1CC(C)(C)N(C)C(C)(C)C1)c1nc(NCCCNCCN(CCCNc2nc(N(CCCC)NC3CC(C)(C)N(C)C(C)(C)C3)nc(N(CCCC)NC3CC(C)(C)N(C)C(C)(C)C3)n2)c2nc(N(CCCC)NC3CC(C)(C)N(C)C(C)(C)C3)nc(N(CCCC)NC3CC(C)(C)N(C)C(C)(C)C3)n2)nc(N(CCCC)NC2CC(C)(C)N(C)C(C)(C)C2)n1. The van der Waals surface area contributed by atoms with E-state index in [0.717, 1.165) is 213 Å². The van der Waals surface area contributed by atoms with Gasteiger partial charge in [0.1, 0.15) is 0 Å². The number of hydrogen-bond donors (Lipinski definition) is 9. The molecule has 6 fully saturated rings. The van der Waals surface area contributed by atoms with Gasteiger partial charge in [-0.25, -0.2) is 32.6 Å². The molecule has 0 bridgehead atoms. The van der Waals surface area contributed by atoms with Gasteiger partial charge in [0.25, 0.3) is 0 Å². The van der Waals surface area contributed by atoms with Crippen LogP contribution >= 0.6 is 0 Å². The molecule has 3 aromatic rings. The molecule has 9 N–H and O–H groups in total. The van der Waals surface area contributed by atoms with Crippen molar-refractivity contribution in [1.29, 1.82) is 0 Å². The van der Waals surface area contributed by atoms with Gasteiger partial charge in [0.2, 0.25) is 53.5 Å². The summed E-state index contributed by atoms with van der Waals surface area (Å²) in [7, 11) is 13.7. The standard InChI is InChI=1S/C101H199N31/c1-37-43-56-127(114-75-63-90(7,8)120(31)91(9,10)64-75)84-105-81(106-85(111-84)128(57-44-38-2)115-76-65-92(11,12)121(32)93(13,14)66-76)103-52-49-51-102-54-62-126(83-109-88(131(60-47-41-5)118-79-71-98(23,24)124(35)99(25,26)72-79)113-89(110-83)132(61-48-42-6)119-80-73-100(27,28)125(36)101(29,30)74-80)55-50-53-104-82-107-86(129(58-45-39-3)116-77-67-94(15,16)122(33)95(17,18)68-77)112-87(108-82)130(59-46-40-4)117-78-69-96(19,20)123(34)97(21,22)70-78/h75-80,102,114-119H,37-74H2,1-36H3,(H,103,105,106,111)(H,104,107,108,112). The molecule has 0 aliphatic carbocycles. The van der Waals surface area contributed by atoms with Gasteiger partial charge in [-0.3, -0.25) is 59.5 Å². The van der Waals surface area contributed by atoms with Gasteiger partial charge in [-0.15, -0.1) is 0 Å². The second-order valence-electron chi connectivity index (χ2n) is 48.6. The van der Waals surface area contributed by atoms with E-state index < -0.39 is 0 Å². The number of anilines is 9. The molecule has 0 amide bonds. The first-order valence-electron chi connectivity index (χ1n) is 52.4. The fraction of sp³-hybridized carbons (Fsp3) is 0.911. The van der Waals surface area contributed by atoms with Crippen molar-refractivity contribution in [2.45, 2.75) is 477 Å². The van der Waals surface area contributed by atoms with Crippen molar-refractivity contribution in [1.82, 2.24) is 112 Å². The van der Waals surface area contributed by atoms with Crippen LogP contribution in [-0.2, 0) is 0 Å². The molecule has 3 aromatic heterocycles. The molecule has 31 nitrogen and oxygen atoms in total. The third-order valence-corrected chi connectivity index (χ3v) is 32.1. The Hall–Kier alpha value is -5.29. The molecule has 0 aromatic carbocycles. The van der Waals surface area contributed by atoms with Crippen LogP contribution in [0.5, 0.6) is 0 Å². The highest BCUT2D eigenvalue weighted by Gasteiger charge is 2.51. The number of unbranched alkanes of at least 4 members (excludes halogenated alkanes) is 6. The van der Waals surface area contributed by atoms with Crippen LogP contribution in [0.1, 0.15) is 375 Å². The lowest BCUT2D eigenvalue weighted by Crippen LogP contribution is -2.64. The maximum absolute atomic E-state index is 5.76. The number of hydrazine groups is 6. The zero-order chi connectivity index (χ0) is 97.8. The van der Waals surface area contributed by atoms with Gasteiger partial charge in [0.05, 0.1) is 0 Å². The van der Waals surface area contributed by atoms with Crippen LogP contribution in [0, 0.1) is 0 Å². The first kappa shape index (κ1) is 110. The normalized spacial score (nSPS) is 22.5. The molecule has 31 heteroatoms. The molecule has 758 valence electrons. The summed E-state index contributed by atoms with van der Waals surface area (Å²) >= 11 is 0. The zero-order valence-corrected chi connectivity index (χ0v) is 91.2. The van der Waals surface area contributed by atoms with E-state index in [-0.39, 0.29) is 103 Å². The lowest BCUT2D eigenvalue weighted by atomic mass is 9.78. The fourth-order valence-electron chi connectivity index (χ4n) is 22.9. The Kier molecular flexibility index (Phi) is 38.2. The lowest BCUT2D eigenvalue weighted by molar-refractivity contribution is -0.0191. The highest BCUT2D eigenvalue weighted by Crippen LogP contribution is 2.44. The summed E-state index contributed by atoms with van der Waals surface area (Å²) in [4.78, 5) is 67.8. The van der Waals surface area contributed by atoms with Crippen molar-refractivity contribution in [3.63, 3.8) is 0 Å². The maximum Gasteiger partial charge on any atom is 0.246 e. The average Bonchev–Trinajstić information content (AvgIpc) is 0.790. The summed E-state index contributed by atoms with van der Waals surface area (Å²) < 4.78 is 0. The van der Waals surface area contributed by atoms with Crippen LogP contribution in [0.2, 0.25) is 0 Å². The van der Waals surface area contributed by atoms with Crippen molar-refractivity contribution in [2.75, 3.05) is 166 Å². The summed E-state index contributed by atoms with van der Waals surface area (Å²) in [6.45, 7) is 79.3. The summed E-state index contributed by atoms with van der Waals surface area (Å²) in [6, 6.07) is 1.14. The smallest absolute Gasteiger partial charge is 0.246 e. The monoisotopic (exact) mass is 1850 g/mol. The van der Waals surface area contributed by atoms with Crippen LogP contribution in [0.25, 0.3) is 0 Å². The molecule has 6 saturated heterocycles. The molecule has 9 heterocycles. The third kappa shape index (κ3) is 29.2. The van der Waals surface area contributed by atoms with E-state index >= 15 is 0 Å². The summed E-state index contributed by atoms with van der Waals surface area (Å²) in [5.41, 5.74) is 24.3. The Morgan fingerprint density at radius 3 is 0.598 bits per heavy atom. The first-order chi connectivity index (χ1) is 61.5. The Balaban J connectivity index is 1.10. The van der Waals surface area contributed by atoms with Gasteiger partial charge in [-0.05, 0) is 343 Å². The number of rotatable bonds is 50. The Labute approximate surface area is 805 Å². The first-order valence-corrected chi connectivity index (χ1v) is 52.4. The molecule has 6 aliphatic rings. The minimum absolute atomic E-state index is 0.0132. The number of hydrogen-bond acceptors (Lipinski definition) is 31. The Morgan fingerprint density at radius 1 is 0.220 bits per heavy atom. The minimum Gasteiger partial charge on any atom is -0.354 e. The predicted octanol–water partition coefficient (Wildman–Crippen LogP) is 16.2. The molecular formula is C101H199N31. The lowest BCUT2D eigenvalue weighted by Gasteiger charge is -2.54. The molecule has 9 rings (SSSR count). The number of nitrogens with one attached hydrogen (secondary N) is 9. The van der Waals surface area contributed by atoms with Crippen molar-refractivity contribution in [3.8, 4) is 0 Å². The van der Waals surface area contributed by atoms with E-state index in [1.165, 1.54) is 0 Å². The van der Waals surface area contributed by atoms with Gasteiger partial charge in [-0.1, -0.05) is 80.1 Å². The molecule has 0 atom stereocenters. The summed E-state index contributed by atoms with van der Waals surface area (Å²) in [5.74, 6) is 5.62. The molecule has 132 heavy (non-hydrogen) atoms. The van der Waals surface area contributed by atoms with E-state index in [1.54, 1.807) is 0 Å². The van der Waals surface area contributed by atoms with E-state index in [0.29, 0.717) is 86.3 Å². The predicted molar refractivity (Wildman–Crippen MR) is 557 cm³/mol. The van der Waals surface area contributed by atoms with Gasteiger partial charge in [0.15, 0.2) is 0 Å². The third-order valence-electron chi connectivity index (χ3n) is 32.1. The number of nitrogens with zero attached hydrogens (tertiary/aromatic N) is 22. The van der Waals surface area contributed by atoms with Crippen molar-refractivity contribution in [3.05, 3.63) is 0 Å². The van der Waals surface area contributed by atoms with Crippen molar-refractivity contribution < 1.29 is 0 Å².